The average molecular weight is 460 g/mol. The van der Waals surface area contributed by atoms with Crippen molar-refractivity contribution in [1.82, 2.24) is 14.9 Å². The molecule has 3 aromatic rings. The Labute approximate surface area is 198 Å². The number of carbonyl (C=O) groups is 1. The number of benzene rings is 2. The topological polar surface area (TPSA) is 79.4 Å². The highest BCUT2D eigenvalue weighted by molar-refractivity contribution is 6.03. The molecule has 0 unspecified atom stereocenters. The van der Waals surface area contributed by atoms with Crippen LogP contribution in [0.2, 0.25) is 0 Å². The molecule has 1 amide bonds. The van der Waals surface area contributed by atoms with Gasteiger partial charge in [-0.05, 0) is 50.2 Å². The maximum atomic E-state index is 13.8. The highest BCUT2D eigenvalue weighted by atomic mass is 19.1. The highest BCUT2D eigenvalue weighted by Crippen LogP contribution is 2.33. The lowest BCUT2D eigenvalue weighted by Crippen LogP contribution is -2.29. The first-order valence-corrected chi connectivity index (χ1v) is 11.1. The van der Waals surface area contributed by atoms with Gasteiger partial charge in [-0.3, -0.25) is 9.69 Å². The van der Waals surface area contributed by atoms with Crippen LogP contribution in [0.15, 0.2) is 48.8 Å². The molecular formula is C26H26FN5O2. The van der Waals surface area contributed by atoms with E-state index in [-0.39, 0.29) is 11.5 Å². The van der Waals surface area contributed by atoms with Crippen LogP contribution in [0, 0.1) is 18.2 Å². The van der Waals surface area contributed by atoms with Crippen LogP contribution in [-0.2, 0) is 4.79 Å². The Hall–Kier alpha value is -3.96. The molecule has 174 valence electrons. The number of fused-ring (bicyclic) bond motifs is 1. The molecule has 34 heavy (non-hydrogen) atoms. The van der Waals surface area contributed by atoms with Crippen molar-refractivity contribution in [3.8, 4) is 18.1 Å². The second kappa shape index (κ2) is 10.8. The molecule has 0 bridgehead atoms. The monoisotopic (exact) mass is 459 g/mol. The Kier molecular flexibility index (Phi) is 7.35. The van der Waals surface area contributed by atoms with Crippen LogP contribution in [0.3, 0.4) is 0 Å². The summed E-state index contributed by atoms with van der Waals surface area (Å²) >= 11 is 0. The number of halogens is 1. The first-order valence-electron chi connectivity index (χ1n) is 11.1. The molecule has 2 N–H and O–H groups in total. The van der Waals surface area contributed by atoms with Crippen LogP contribution in [0.5, 0.6) is 5.75 Å². The molecular weight excluding hydrogens is 433 g/mol. The van der Waals surface area contributed by atoms with Crippen LogP contribution < -0.4 is 15.4 Å². The molecule has 1 fully saturated rings. The smallest absolute Gasteiger partial charge is 0.248 e. The van der Waals surface area contributed by atoms with E-state index >= 15 is 0 Å². The summed E-state index contributed by atoms with van der Waals surface area (Å²) in [7, 11) is 1.53. The number of rotatable bonds is 7. The van der Waals surface area contributed by atoms with Gasteiger partial charge in [-0.25, -0.2) is 14.4 Å². The molecule has 1 aromatic heterocycles. The van der Waals surface area contributed by atoms with Crippen molar-refractivity contribution >= 4 is 34.0 Å². The first kappa shape index (κ1) is 23.2. The summed E-state index contributed by atoms with van der Waals surface area (Å²) < 4.78 is 19.2. The molecule has 0 saturated carbocycles. The SMILES string of the molecule is C#Cc1cc(Nc2ncnc3cc(OC)c(NC(=O)/C=C/CN4CCCCC4)cc23)ccc1F. The van der Waals surface area contributed by atoms with E-state index in [1.807, 2.05) is 6.08 Å². The second-order valence-corrected chi connectivity index (χ2v) is 8.01. The third kappa shape index (κ3) is 5.50. The summed E-state index contributed by atoms with van der Waals surface area (Å²) in [6, 6.07) is 7.88. The minimum Gasteiger partial charge on any atom is -0.494 e. The standard InChI is InChI=1S/C26H26FN5O2/c1-3-18-14-19(9-10-21(18)27)30-26-20-15-23(24(34-2)16-22(20)28-17-29-26)31-25(33)8-7-13-32-11-5-4-6-12-32/h1,7-10,14-17H,4-6,11-13H2,2H3,(H,31,33)(H,28,29,30)/b8-7+. The zero-order valence-corrected chi connectivity index (χ0v) is 19.0. The van der Waals surface area contributed by atoms with Gasteiger partial charge in [0.2, 0.25) is 5.91 Å². The number of carbonyl (C=O) groups excluding carboxylic acids is 1. The zero-order chi connectivity index (χ0) is 23.9. The van der Waals surface area contributed by atoms with Gasteiger partial charge in [-0.15, -0.1) is 6.42 Å². The molecule has 1 aliphatic heterocycles. The van der Waals surface area contributed by atoms with Crippen molar-refractivity contribution in [3.05, 3.63) is 60.2 Å². The Morgan fingerprint density at radius 2 is 2.06 bits per heavy atom. The lowest BCUT2D eigenvalue weighted by Gasteiger charge is -2.24. The Balaban J connectivity index is 1.56. The average Bonchev–Trinajstić information content (AvgIpc) is 2.85. The van der Waals surface area contributed by atoms with E-state index in [1.54, 1.807) is 24.3 Å². The number of hydrogen-bond donors (Lipinski definition) is 2. The number of methoxy groups -OCH3 is 1. The zero-order valence-electron chi connectivity index (χ0n) is 19.0. The van der Waals surface area contributed by atoms with Crippen LogP contribution in [-0.4, -0.2) is 47.5 Å². The summed E-state index contributed by atoms with van der Waals surface area (Å²) in [4.78, 5) is 23.5. The highest BCUT2D eigenvalue weighted by Gasteiger charge is 2.13. The number of nitrogens with zero attached hydrogens (tertiary/aromatic N) is 3. The summed E-state index contributed by atoms with van der Waals surface area (Å²) in [5, 5.41) is 6.69. The minimum absolute atomic E-state index is 0.148. The van der Waals surface area contributed by atoms with Crippen molar-refractivity contribution in [1.29, 1.82) is 0 Å². The lowest BCUT2D eigenvalue weighted by molar-refractivity contribution is -0.111. The fraction of sp³-hybridized carbons (Fsp3) is 0.269. The minimum atomic E-state index is -0.469. The van der Waals surface area contributed by atoms with Crippen LogP contribution in [0.1, 0.15) is 24.8 Å². The molecule has 2 aromatic carbocycles. The lowest BCUT2D eigenvalue weighted by atomic mass is 10.1. The summed E-state index contributed by atoms with van der Waals surface area (Å²) in [5.41, 5.74) is 1.84. The van der Waals surface area contributed by atoms with Crippen LogP contribution in [0.4, 0.5) is 21.6 Å². The fourth-order valence-electron chi connectivity index (χ4n) is 3.93. The molecule has 0 radical (unpaired) electrons. The number of ether oxygens (including phenoxy) is 1. The molecule has 0 atom stereocenters. The quantitative estimate of drug-likeness (QED) is 0.401. The van der Waals surface area contributed by atoms with Crippen molar-refractivity contribution < 1.29 is 13.9 Å². The number of anilines is 3. The molecule has 0 aliphatic carbocycles. The number of nitrogens with one attached hydrogen (secondary N) is 2. The number of aromatic nitrogens is 2. The number of terminal acetylenes is 1. The van der Waals surface area contributed by atoms with Crippen molar-refractivity contribution in [2.24, 2.45) is 0 Å². The first-order chi connectivity index (χ1) is 16.6. The molecule has 1 aliphatic rings. The van der Waals surface area contributed by atoms with E-state index in [2.05, 4.69) is 31.4 Å². The normalized spacial score (nSPS) is 14.1. The van der Waals surface area contributed by atoms with Gasteiger partial charge in [-0.2, -0.15) is 0 Å². The van der Waals surface area contributed by atoms with E-state index in [0.717, 1.165) is 19.6 Å². The van der Waals surface area contributed by atoms with Gasteiger partial charge < -0.3 is 15.4 Å². The Morgan fingerprint density at radius 3 is 2.82 bits per heavy atom. The van der Waals surface area contributed by atoms with Crippen molar-refractivity contribution in [2.45, 2.75) is 19.3 Å². The Bertz CT molecular complexity index is 1260. The van der Waals surface area contributed by atoms with E-state index < -0.39 is 5.82 Å². The maximum Gasteiger partial charge on any atom is 0.248 e. The third-order valence-corrected chi connectivity index (χ3v) is 5.68. The van der Waals surface area contributed by atoms with Gasteiger partial charge in [0.05, 0.1) is 23.9 Å². The van der Waals surface area contributed by atoms with Gasteiger partial charge in [0.15, 0.2) is 0 Å². The molecule has 8 heteroatoms. The molecule has 4 rings (SSSR count). The van der Waals surface area contributed by atoms with Crippen molar-refractivity contribution in [2.75, 3.05) is 37.4 Å². The van der Waals surface area contributed by atoms with Crippen molar-refractivity contribution in [3.63, 3.8) is 0 Å². The second-order valence-electron chi connectivity index (χ2n) is 8.01. The van der Waals surface area contributed by atoms with Crippen LogP contribution in [0.25, 0.3) is 10.9 Å². The number of hydrogen-bond acceptors (Lipinski definition) is 6. The number of piperidine rings is 1. The molecule has 1 saturated heterocycles. The Morgan fingerprint density at radius 1 is 1.24 bits per heavy atom. The van der Waals surface area contributed by atoms with Gasteiger partial charge in [0.25, 0.3) is 0 Å². The third-order valence-electron chi connectivity index (χ3n) is 5.68. The van der Waals surface area contributed by atoms with E-state index in [0.29, 0.717) is 33.8 Å². The summed E-state index contributed by atoms with van der Waals surface area (Å²) in [6.07, 6.45) is 13.9. The molecule has 7 nitrogen and oxygen atoms in total. The molecule has 0 spiro atoms. The van der Waals surface area contributed by atoms with Gasteiger partial charge in [0, 0.05) is 29.8 Å². The number of amides is 1. The van der Waals surface area contributed by atoms with E-state index in [1.165, 1.54) is 44.8 Å². The predicted molar refractivity (Wildman–Crippen MR) is 132 cm³/mol. The van der Waals surface area contributed by atoms with E-state index in [9.17, 15) is 9.18 Å². The largest absolute Gasteiger partial charge is 0.494 e. The number of likely N-dealkylation sites (tertiary alicyclic amines) is 1. The van der Waals surface area contributed by atoms with Gasteiger partial charge >= 0.3 is 0 Å². The molecule has 2 heterocycles. The summed E-state index contributed by atoms with van der Waals surface area (Å²) in [5.74, 6) is 2.56. The summed E-state index contributed by atoms with van der Waals surface area (Å²) in [6.45, 7) is 2.88. The van der Waals surface area contributed by atoms with Gasteiger partial charge in [0.1, 0.15) is 23.7 Å². The van der Waals surface area contributed by atoms with E-state index in [4.69, 9.17) is 11.2 Å². The van der Waals surface area contributed by atoms with Gasteiger partial charge in [-0.1, -0.05) is 18.4 Å². The maximum absolute atomic E-state index is 13.8. The predicted octanol–water partition coefficient (Wildman–Crippen LogP) is 4.48. The fourth-order valence-corrected chi connectivity index (χ4v) is 3.93. The van der Waals surface area contributed by atoms with Crippen LogP contribution >= 0.6 is 0 Å².